The van der Waals surface area contributed by atoms with Crippen molar-refractivity contribution >= 4 is 34.9 Å². The molecule has 85 heavy (non-hydrogen) atoms. The Kier molecular flexibility index (Phi) is 21.6. The maximum Gasteiger partial charge on any atom is 0.311 e. The van der Waals surface area contributed by atoms with Gasteiger partial charge in [-0.1, -0.05) is 20.8 Å². The number of Topliss-reactive ketones (excluding diaryl/α,β-unsaturated/α-hetero) is 2. The number of hydrogen-bond donors (Lipinski definition) is 10. The number of nitrogens with zero attached hydrogens (tertiary/aromatic N) is 4. The molecule has 1 aromatic carbocycles. The van der Waals surface area contributed by atoms with Crippen LogP contribution < -0.4 is 10.6 Å². The predicted octanol–water partition coefficient (Wildman–Crippen LogP) is 1.93. The van der Waals surface area contributed by atoms with E-state index in [1.807, 2.05) is 70.7 Å². The highest BCUT2D eigenvalue weighted by atomic mass is 16.7. The molecule has 3 aliphatic heterocycles. The second kappa shape index (κ2) is 26.4. The van der Waals surface area contributed by atoms with Gasteiger partial charge in [0.25, 0.3) is 5.91 Å². The number of cyclic esters (lactones) is 1. The molecule has 4 fully saturated rings. The van der Waals surface area contributed by atoms with Gasteiger partial charge in [0.1, 0.15) is 52.9 Å². The standard InChI is InChI=1S/C38H72N2O12.C23H27N3O7/c1-15-27-38(10,46)31(42)24(6)40(13)19-20(2)17-36(8,45)33(52-35-29(41)26(39(11)12)16-21(3)48-35)22(4)30(23(5)34(44)50-27)51-28-18-37(9,47-14)32(43)25(7)49-28;1-25(2)12-5-6-13(27)15-10(12)7-9-8-11-17(26(3)4)19(29)16(22(24)32)21(31)23(11,33)20(30)14(9)18(15)28/h20-33,35,41-43,45-46H,15-19H2,1-14H3;5-6,9,11,17,27-28,31,33H,7-8H2,1-4H3,(H2,24,32)/t20-,21?,22+,23-,24-,25?,26?,27-,28?,29?,30+,31-,32?,33-,35?,36-,37?,38-;9-,11-,17-,23-/m10/s1. The number of phenolic OH excluding ortho intramolecular Hbond substituents is 1. The molecule has 3 heterocycles. The van der Waals surface area contributed by atoms with Crippen LogP contribution in [-0.2, 0) is 54.0 Å². The third kappa shape index (κ3) is 13.3. The Hall–Kier alpha value is -4.38. The third-order valence-electron chi connectivity index (χ3n) is 19.3. The Labute approximate surface area is 500 Å². The monoisotopic (exact) mass is 1210 g/mol. The highest BCUT2D eigenvalue weighted by Gasteiger charge is 2.64. The van der Waals surface area contributed by atoms with E-state index in [9.17, 15) is 65.1 Å². The largest absolute Gasteiger partial charge is 0.508 e. The Morgan fingerprint density at radius 2 is 1.48 bits per heavy atom. The smallest absolute Gasteiger partial charge is 0.311 e. The number of aromatic hydroxyl groups is 1. The molecule has 11 N–H and O–H groups in total. The number of rotatable bonds is 10. The number of anilines is 1. The Morgan fingerprint density at radius 1 is 0.859 bits per heavy atom. The van der Waals surface area contributed by atoms with Crippen molar-refractivity contribution in [3.63, 3.8) is 0 Å². The first-order chi connectivity index (χ1) is 39.2. The molecule has 482 valence electrons. The molecule has 22 atom stereocenters. The van der Waals surface area contributed by atoms with Gasteiger partial charge in [-0.05, 0) is 145 Å². The van der Waals surface area contributed by atoms with Gasteiger partial charge in [0.05, 0.1) is 53.1 Å². The van der Waals surface area contributed by atoms with Crippen LogP contribution in [0.25, 0.3) is 5.76 Å². The second-order valence-electron chi connectivity index (χ2n) is 26.5. The summed E-state index contributed by atoms with van der Waals surface area (Å²) in [6.45, 7) is 18.0. The van der Waals surface area contributed by atoms with Crippen molar-refractivity contribution in [2.75, 3.05) is 67.9 Å². The average molecular weight is 1210 g/mol. The van der Waals surface area contributed by atoms with E-state index in [1.165, 1.54) is 25.0 Å². The summed E-state index contributed by atoms with van der Waals surface area (Å²) in [4.78, 5) is 60.0. The number of ketones is 2. The number of aliphatic hydroxyl groups is 8. The van der Waals surface area contributed by atoms with E-state index in [0.717, 1.165) is 5.69 Å². The summed E-state index contributed by atoms with van der Waals surface area (Å²) in [6.07, 6.45) is -7.87. The number of nitrogens with two attached hydrogens (primary N) is 1. The number of likely N-dealkylation sites (N-methyl/N-ethyl adjacent to an activating group) is 3. The third-order valence-corrected chi connectivity index (χ3v) is 19.3. The minimum absolute atomic E-state index is 0.0638. The number of hydrogen-bond acceptors (Lipinski definition) is 23. The first kappa shape index (κ1) is 69.7. The molecule has 7 rings (SSSR count). The maximum absolute atomic E-state index is 14.2. The fraction of sp³-hybridized carbons (Fsp3) is 0.770. The summed E-state index contributed by atoms with van der Waals surface area (Å²) in [5.41, 5.74) is -1.23. The minimum atomic E-state index is -2.63. The molecule has 0 aromatic heterocycles. The fourth-order valence-corrected chi connectivity index (χ4v) is 14.4. The zero-order valence-corrected chi connectivity index (χ0v) is 53.0. The van der Waals surface area contributed by atoms with Gasteiger partial charge in [-0.15, -0.1) is 0 Å². The van der Waals surface area contributed by atoms with Gasteiger partial charge in [-0.3, -0.25) is 24.1 Å². The van der Waals surface area contributed by atoms with Crippen LogP contribution in [0.2, 0.25) is 0 Å². The van der Waals surface area contributed by atoms with Crippen LogP contribution >= 0.6 is 0 Å². The molecular formula is C61H99N5O19. The van der Waals surface area contributed by atoms with Gasteiger partial charge in [0.15, 0.2) is 24.0 Å². The van der Waals surface area contributed by atoms with Crippen LogP contribution in [0.4, 0.5) is 5.69 Å². The Morgan fingerprint density at radius 3 is 2.04 bits per heavy atom. The van der Waals surface area contributed by atoms with Crippen molar-refractivity contribution in [3.05, 3.63) is 40.2 Å². The molecule has 24 nitrogen and oxygen atoms in total. The van der Waals surface area contributed by atoms with E-state index >= 15 is 0 Å². The first-order valence-corrected chi connectivity index (χ1v) is 29.6. The summed E-state index contributed by atoms with van der Waals surface area (Å²) in [7, 11) is 13.9. The zero-order valence-electron chi connectivity index (χ0n) is 53.0. The number of benzene rings is 1. The lowest BCUT2D eigenvalue weighted by Crippen LogP contribution is -2.65. The molecule has 3 saturated heterocycles. The van der Waals surface area contributed by atoms with Crippen molar-refractivity contribution in [1.82, 2.24) is 14.7 Å². The van der Waals surface area contributed by atoms with E-state index in [0.29, 0.717) is 18.5 Å². The molecule has 8 unspecified atom stereocenters. The number of amides is 1. The SMILES string of the molecule is CC[C@H]1OC(=O)[C@H](C)[C@@H](OC2CC(C)(OC)C(O)C(C)O2)[C@H](C)[C@@H](OC2OC(C)CC(N(C)C)C2O)[C@](C)(O)C[C@@H](C)CN(C)[C@H](C)[C@@H](O)[C@]1(C)O.CN(C)c1ccc(O)c2c1C[C@H]1C[C@H]3[C@H](N(C)C)C(=O)C(C(N)=O)=C(O)[C@@]3(O)C(=O)C1=C2O. The van der Waals surface area contributed by atoms with E-state index in [-0.39, 0.29) is 67.1 Å². The summed E-state index contributed by atoms with van der Waals surface area (Å²) in [5.74, 6) is -9.12. The van der Waals surface area contributed by atoms with Crippen molar-refractivity contribution in [2.45, 2.75) is 210 Å². The van der Waals surface area contributed by atoms with Gasteiger partial charge in [-0.25, -0.2) is 0 Å². The van der Waals surface area contributed by atoms with Gasteiger partial charge in [0.2, 0.25) is 5.78 Å². The summed E-state index contributed by atoms with van der Waals surface area (Å²) in [6, 6.07) is 1.20. The minimum Gasteiger partial charge on any atom is -0.508 e. The Bertz CT molecular complexity index is 2660. The van der Waals surface area contributed by atoms with Crippen LogP contribution in [0.3, 0.4) is 0 Å². The normalized spacial score (nSPS) is 41.6. The number of carbonyl (C=O) groups is 4. The van der Waals surface area contributed by atoms with Crippen LogP contribution in [0, 0.1) is 29.6 Å². The molecule has 0 bridgehead atoms. The van der Waals surface area contributed by atoms with Crippen LogP contribution in [0.15, 0.2) is 29.0 Å². The molecule has 0 spiro atoms. The molecule has 1 amide bonds. The van der Waals surface area contributed by atoms with Gasteiger partial charge in [0, 0.05) is 69.4 Å². The highest BCUT2D eigenvalue weighted by molar-refractivity contribution is 6.24. The first-order valence-electron chi connectivity index (χ1n) is 29.6. The number of phenols is 1. The lowest BCUT2D eigenvalue weighted by Gasteiger charge is -2.50. The lowest BCUT2D eigenvalue weighted by molar-refractivity contribution is -0.318. The lowest BCUT2D eigenvalue weighted by atomic mass is 9.57. The molecule has 0 radical (unpaired) electrons. The highest BCUT2D eigenvalue weighted by Crippen LogP contribution is 2.54. The van der Waals surface area contributed by atoms with Crippen molar-refractivity contribution < 1.29 is 93.6 Å². The maximum atomic E-state index is 14.2. The van der Waals surface area contributed by atoms with E-state index in [2.05, 4.69) is 0 Å². The van der Waals surface area contributed by atoms with E-state index < -0.39 is 154 Å². The topological polar surface area (TPSA) is 345 Å². The van der Waals surface area contributed by atoms with E-state index in [1.54, 1.807) is 61.7 Å². The number of methoxy groups -OCH3 is 1. The van der Waals surface area contributed by atoms with Gasteiger partial charge >= 0.3 is 5.97 Å². The molecule has 1 aromatic rings. The molecule has 6 aliphatic rings. The van der Waals surface area contributed by atoms with Gasteiger partial charge in [-0.2, -0.15) is 0 Å². The van der Waals surface area contributed by atoms with Crippen LogP contribution in [0.5, 0.6) is 5.75 Å². The van der Waals surface area contributed by atoms with Crippen LogP contribution in [-0.4, -0.2) is 249 Å². The zero-order chi connectivity index (χ0) is 64.2. The number of esters is 1. The summed E-state index contributed by atoms with van der Waals surface area (Å²) >= 11 is 0. The van der Waals surface area contributed by atoms with E-state index in [4.69, 9.17) is 34.2 Å². The number of carbonyl (C=O) groups excluding carboxylic acids is 4. The van der Waals surface area contributed by atoms with Crippen molar-refractivity contribution in [1.29, 1.82) is 0 Å². The molecule has 24 heteroatoms. The summed E-state index contributed by atoms with van der Waals surface area (Å²) in [5, 5.41) is 102. The summed E-state index contributed by atoms with van der Waals surface area (Å²) < 4.78 is 37.5. The average Bonchev–Trinajstić information content (AvgIpc) is 0.776. The Balaban J connectivity index is 0.000000299. The molecule has 1 saturated carbocycles. The van der Waals surface area contributed by atoms with Crippen LogP contribution in [0.1, 0.15) is 112 Å². The molecular weight excluding hydrogens is 1110 g/mol. The van der Waals surface area contributed by atoms with Crippen molar-refractivity contribution in [3.8, 4) is 5.75 Å². The number of ether oxygens (including phenoxy) is 6. The number of fused-ring (bicyclic) bond motifs is 3. The predicted molar refractivity (Wildman–Crippen MR) is 313 cm³/mol. The second-order valence-corrected chi connectivity index (χ2v) is 26.5. The fourth-order valence-electron chi connectivity index (χ4n) is 14.4. The van der Waals surface area contributed by atoms with Gasteiger partial charge < -0.3 is 94.8 Å². The number of aliphatic hydroxyl groups excluding tert-OH is 5. The quantitative estimate of drug-likeness (QED) is 0.118. The number of primary amides is 1. The van der Waals surface area contributed by atoms with Crippen molar-refractivity contribution in [2.24, 2.45) is 35.3 Å². The molecule has 3 aliphatic carbocycles.